The average Bonchev–Trinajstić information content (AvgIpc) is 2.35. The van der Waals surface area contributed by atoms with E-state index in [4.69, 9.17) is 4.74 Å². The molecule has 110 valence electrons. The molecule has 0 aliphatic heterocycles. The predicted molar refractivity (Wildman–Crippen MR) is 64.0 cm³/mol. The Hall–Kier alpha value is -2.09. The van der Waals surface area contributed by atoms with Gasteiger partial charge in [0.05, 0.1) is 18.8 Å². The number of aliphatic carboxylic acids is 2. The number of hydrogen-bond donors (Lipinski definition) is 0. The van der Waals surface area contributed by atoms with Gasteiger partial charge in [-0.3, -0.25) is 0 Å². The van der Waals surface area contributed by atoms with Crippen molar-refractivity contribution >= 4 is 21.8 Å². The second kappa shape index (κ2) is 6.38. The number of carboxylic acid groups (broad SMARTS) is 2. The number of benzene rings is 1. The Kier molecular flexibility index (Phi) is 5.09. The van der Waals surface area contributed by atoms with Crippen molar-refractivity contribution in [2.45, 2.75) is 17.4 Å². The predicted octanol–water partition coefficient (Wildman–Crippen LogP) is -2.13. The third kappa shape index (κ3) is 4.23. The summed E-state index contributed by atoms with van der Waals surface area (Å²) in [6, 6.07) is 5.92. The van der Waals surface area contributed by atoms with E-state index in [0.29, 0.717) is 11.3 Å². The molecule has 0 radical (unpaired) electrons. The Morgan fingerprint density at radius 2 is 1.75 bits per heavy atom. The lowest BCUT2D eigenvalue weighted by molar-refractivity contribution is -0.314. The Balaban J connectivity index is 2.96. The van der Waals surface area contributed by atoms with Gasteiger partial charge in [-0.05, 0) is 17.7 Å². The van der Waals surface area contributed by atoms with Crippen molar-refractivity contribution in [3.63, 3.8) is 0 Å². The molecule has 1 rings (SSSR count). The fraction of sp³-hybridized carbons (Fsp3) is 0.333. The van der Waals surface area contributed by atoms with Crippen LogP contribution in [-0.4, -0.2) is 32.7 Å². The van der Waals surface area contributed by atoms with E-state index in [1.165, 1.54) is 31.4 Å². The number of ether oxygens (including phenoxy) is 1. The summed E-state index contributed by atoms with van der Waals surface area (Å²) in [4.78, 5) is 21.2. The molecule has 0 fully saturated rings. The van der Waals surface area contributed by atoms with Crippen LogP contribution < -0.4 is 14.9 Å². The molecular formula is C12H12O7S-2. The van der Waals surface area contributed by atoms with Gasteiger partial charge < -0.3 is 24.5 Å². The van der Waals surface area contributed by atoms with Gasteiger partial charge in [-0.2, -0.15) is 0 Å². The van der Waals surface area contributed by atoms with E-state index in [1.807, 2.05) is 0 Å². The van der Waals surface area contributed by atoms with Crippen LogP contribution in [0.4, 0.5) is 0 Å². The van der Waals surface area contributed by atoms with Gasteiger partial charge in [-0.1, -0.05) is 12.1 Å². The molecule has 1 atom stereocenters. The fourth-order valence-electron chi connectivity index (χ4n) is 1.56. The molecule has 20 heavy (non-hydrogen) atoms. The largest absolute Gasteiger partial charge is 0.550 e. The highest BCUT2D eigenvalue weighted by Crippen LogP contribution is 2.17. The normalized spacial score (nSPS) is 12.7. The summed E-state index contributed by atoms with van der Waals surface area (Å²) in [7, 11) is -2.77. The molecule has 0 spiro atoms. The molecule has 7 nitrogen and oxygen atoms in total. The highest BCUT2D eigenvalue weighted by Gasteiger charge is 2.27. The van der Waals surface area contributed by atoms with Gasteiger partial charge in [0.2, 0.25) is 0 Å². The Labute approximate surface area is 115 Å². The van der Waals surface area contributed by atoms with Crippen LogP contribution in [0, 0.1) is 0 Å². The summed E-state index contributed by atoms with van der Waals surface area (Å²) in [6.07, 6.45) is -1.14. The van der Waals surface area contributed by atoms with Gasteiger partial charge >= 0.3 is 0 Å². The zero-order valence-corrected chi connectivity index (χ0v) is 11.4. The second-order valence-electron chi connectivity index (χ2n) is 4.04. The van der Waals surface area contributed by atoms with Crippen LogP contribution in [0.25, 0.3) is 0 Å². The first-order valence-electron chi connectivity index (χ1n) is 5.51. The van der Waals surface area contributed by atoms with Crippen LogP contribution in [0.3, 0.4) is 0 Å². The average molecular weight is 300 g/mol. The lowest BCUT2D eigenvalue weighted by Gasteiger charge is -2.19. The molecule has 0 amide bonds. The minimum Gasteiger partial charge on any atom is -0.550 e. The van der Waals surface area contributed by atoms with Crippen molar-refractivity contribution in [1.29, 1.82) is 0 Å². The van der Waals surface area contributed by atoms with Crippen LogP contribution in [0.15, 0.2) is 24.3 Å². The van der Waals surface area contributed by atoms with E-state index in [2.05, 4.69) is 0 Å². The molecule has 0 aliphatic rings. The van der Waals surface area contributed by atoms with Gasteiger partial charge in [0.1, 0.15) is 11.0 Å². The Morgan fingerprint density at radius 3 is 2.15 bits per heavy atom. The van der Waals surface area contributed by atoms with E-state index in [-0.39, 0.29) is 0 Å². The third-order valence-electron chi connectivity index (χ3n) is 2.58. The number of carbonyl (C=O) groups is 2. The van der Waals surface area contributed by atoms with Crippen molar-refractivity contribution in [3.8, 4) is 5.75 Å². The van der Waals surface area contributed by atoms with Crippen LogP contribution in [0.2, 0.25) is 0 Å². The maximum Gasteiger partial charge on any atom is 0.163 e. The van der Waals surface area contributed by atoms with Crippen LogP contribution >= 0.6 is 0 Å². The van der Waals surface area contributed by atoms with Crippen molar-refractivity contribution in [2.24, 2.45) is 0 Å². The maximum atomic E-state index is 11.9. The van der Waals surface area contributed by atoms with Gasteiger partial charge in [0.25, 0.3) is 0 Å². The first-order chi connectivity index (χ1) is 9.26. The summed E-state index contributed by atoms with van der Waals surface area (Å²) in [5, 5.41) is 19.1. The van der Waals surface area contributed by atoms with E-state index in [1.54, 1.807) is 0 Å². The topological polar surface area (TPSA) is 124 Å². The van der Waals surface area contributed by atoms with Gasteiger partial charge in [0.15, 0.2) is 9.84 Å². The third-order valence-corrected chi connectivity index (χ3v) is 4.54. The molecule has 8 heteroatoms. The van der Waals surface area contributed by atoms with Crippen molar-refractivity contribution < 1.29 is 33.0 Å². The minimum absolute atomic E-state index is 0.315. The number of carbonyl (C=O) groups excluding carboxylic acids is 2. The maximum absolute atomic E-state index is 11.9. The molecule has 0 aliphatic carbocycles. The smallest absolute Gasteiger partial charge is 0.163 e. The summed E-state index contributed by atoms with van der Waals surface area (Å²) in [5.74, 6) is -3.82. The fourth-order valence-corrected chi connectivity index (χ4v) is 3.10. The van der Waals surface area contributed by atoms with Crippen LogP contribution in [0.1, 0.15) is 12.0 Å². The van der Waals surface area contributed by atoms with E-state index in [9.17, 15) is 28.2 Å². The SMILES string of the molecule is COc1ccc(CS(=O)(=O)[C@@H](CC(=O)[O-])C(=O)[O-])cc1. The van der Waals surface area contributed by atoms with Gasteiger partial charge in [-0.25, -0.2) is 8.42 Å². The first kappa shape index (κ1) is 16.0. The first-order valence-corrected chi connectivity index (χ1v) is 7.23. The quantitative estimate of drug-likeness (QED) is 0.563. The molecule has 0 saturated carbocycles. The molecule has 0 saturated heterocycles. The number of sulfone groups is 1. The molecule has 0 aromatic heterocycles. The molecule has 1 aromatic carbocycles. The molecule has 1 aromatic rings. The lowest BCUT2D eigenvalue weighted by atomic mass is 10.2. The summed E-state index contributed by atoms with van der Waals surface area (Å²) < 4.78 is 28.7. The van der Waals surface area contributed by atoms with Crippen molar-refractivity contribution in [1.82, 2.24) is 0 Å². The number of rotatable bonds is 7. The van der Waals surface area contributed by atoms with Crippen molar-refractivity contribution in [2.75, 3.05) is 7.11 Å². The summed E-state index contributed by atoms with van der Waals surface area (Å²) in [6.45, 7) is 0. The molecular weight excluding hydrogens is 288 g/mol. The zero-order chi connectivity index (χ0) is 15.3. The molecule has 0 bridgehead atoms. The minimum atomic E-state index is -4.21. The van der Waals surface area contributed by atoms with E-state index in [0.717, 1.165) is 0 Å². The van der Waals surface area contributed by atoms with Crippen LogP contribution in [0.5, 0.6) is 5.75 Å². The molecule has 0 unspecified atom stereocenters. The van der Waals surface area contributed by atoms with E-state index >= 15 is 0 Å². The number of carboxylic acids is 2. The number of methoxy groups -OCH3 is 1. The zero-order valence-electron chi connectivity index (χ0n) is 10.6. The standard InChI is InChI=1S/C12H14O7S/c1-19-9-4-2-8(3-5-9)7-20(17,18)10(12(15)16)6-11(13)14/h2-5,10H,6-7H2,1H3,(H,13,14)(H,15,16)/p-2/t10-/m0/s1. The van der Waals surface area contributed by atoms with Crippen molar-refractivity contribution in [3.05, 3.63) is 29.8 Å². The highest BCUT2D eigenvalue weighted by atomic mass is 32.2. The lowest BCUT2D eigenvalue weighted by Crippen LogP contribution is -2.45. The summed E-state index contributed by atoms with van der Waals surface area (Å²) in [5.41, 5.74) is 0.315. The molecule has 0 N–H and O–H groups in total. The molecule has 0 heterocycles. The van der Waals surface area contributed by atoms with E-state index < -0.39 is 39.2 Å². The monoisotopic (exact) mass is 300 g/mol. The second-order valence-corrected chi connectivity index (χ2v) is 6.22. The Bertz CT molecular complexity index is 589. The summed E-state index contributed by atoms with van der Waals surface area (Å²) >= 11 is 0. The van der Waals surface area contributed by atoms with Gasteiger partial charge in [0, 0.05) is 12.4 Å². The Morgan fingerprint density at radius 1 is 1.20 bits per heavy atom. The highest BCUT2D eigenvalue weighted by molar-refractivity contribution is 7.92. The number of hydrogen-bond acceptors (Lipinski definition) is 7. The van der Waals surface area contributed by atoms with Crippen LogP contribution in [-0.2, 0) is 25.2 Å². The van der Waals surface area contributed by atoms with Gasteiger partial charge in [-0.15, -0.1) is 0 Å².